The number of pyridine rings is 2. The lowest BCUT2D eigenvalue weighted by molar-refractivity contribution is -0.136. The van der Waals surface area contributed by atoms with Gasteiger partial charge < -0.3 is 9.64 Å². The zero-order valence-corrected chi connectivity index (χ0v) is 22.5. The van der Waals surface area contributed by atoms with Crippen LogP contribution in [0.4, 0.5) is 16.4 Å². The summed E-state index contributed by atoms with van der Waals surface area (Å²) in [5, 5.41) is 12.5. The van der Waals surface area contributed by atoms with Crippen molar-refractivity contribution in [1.82, 2.24) is 19.8 Å². The van der Waals surface area contributed by atoms with Gasteiger partial charge in [-0.05, 0) is 55.3 Å². The van der Waals surface area contributed by atoms with Crippen molar-refractivity contribution < 1.29 is 14.3 Å². The number of rotatable bonds is 5. The van der Waals surface area contributed by atoms with Crippen LogP contribution in [-0.4, -0.2) is 83.5 Å². The minimum atomic E-state index is -0.334. The second kappa shape index (κ2) is 11.4. The summed E-state index contributed by atoms with van der Waals surface area (Å²) in [5.41, 5.74) is 4.22. The number of hydrogen-bond donors (Lipinski definition) is 1. The van der Waals surface area contributed by atoms with Gasteiger partial charge in [-0.3, -0.25) is 19.9 Å². The summed E-state index contributed by atoms with van der Waals surface area (Å²) in [6, 6.07) is 5.68. The molecule has 38 heavy (non-hydrogen) atoms. The topological polar surface area (TPSA) is 115 Å². The third-order valence-corrected chi connectivity index (χ3v) is 7.97. The van der Waals surface area contributed by atoms with E-state index in [2.05, 4.69) is 22.4 Å². The van der Waals surface area contributed by atoms with E-state index in [0.29, 0.717) is 49.3 Å². The number of carbonyl (C=O) groups excluding carboxylic acids is 2. The first-order chi connectivity index (χ1) is 18.5. The van der Waals surface area contributed by atoms with E-state index in [4.69, 9.17) is 9.72 Å². The average molecular weight is 534 g/mol. The Bertz CT molecular complexity index is 1320. The average Bonchev–Trinajstić information content (AvgIpc) is 2.94. The first-order valence-electron chi connectivity index (χ1n) is 12.8. The minimum absolute atomic E-state index is 0.0801. The maximum absolute atomic E-state index is 13.4. The molecule has 1 fully saturated rings. The summed E-state index contributed by atoms with van der Waals surface area (Å²) in [4.78, 5) is 40.4. The number of allylic oxidation sites excluding steroid dienone is 1. The summed E-state index contributed by atoms with van der Waals surface area (Å²) in [5.74, 6) is 3.36. The highest BCUT2D eigenvalue weighted by atomic mass is 32.2. The van der Waals surface area contributed by atoms with Crippen molar-refractivity contribution in [1.29, 1.82) is 5.26 Å². The monoisotopic (exact) mass is 533 g/mol. The number of anilines is 2. The van der Waals surface area contributed by atoms with E-state index in [-0.39, 0.29) is 11.9 Å². The number of aromatic nitrogens is 2. The number of urea groups is 1. The largest absolute Gasteiger partial charge is 0.481 e. The Morgan fingerprint density at radius 3 is 2.87 bits per heavy atom. The number of piperazine rings is 1. The van der Waals surface area contributed by atoms with E-state index in [1.165, 1.54) is 6.20 Å². The van der Waals surface area contributed by atoms with Gasteiger partial charge in [-0.15, -0.1) is 0 Å². The summed E-state index contributed by atoms with van der Waals surface area (Å²) in [7, 11) is 3.49. The maximum atomic E-state index is 13.4. The highest BCUT2D eigenvalue weighted by Gasteiger charge is 2.29. The van der Waals surface area contributed by atoms with Crippen LogP contribution >= 0.6 is 11.8 Å². The summed E-state index contributed by atoms with van der Waals surface area (Å²) < 4.78 is 5.60. The number of fused-ring (bicyclic) bond motifs is 1. The quantitative estimate of drug-likeness (QED) is 0.624. The van der Waals surface area contributed by atoms with Gasteiger partial charge in [0.05, 0.1) is 25.8 Å². The van der Waals surface area contributed by atoms with Crippen molar-refractivity contribution >= 4 is 40.9 Å². The number of aryl methyl sites for hydroxylation is 1. The number of ether oxygens (including phenoxy) is 1. The van der Waals surface area contributed by atoms with Crippen LogP contribution in [0.15, 0.2) is 24.4 Å². The number of methoxy groups -OCH3 is 1. The van der Waals surface area contributed by atoms with Gasteiger partial charge in [0.25, 0.3) is 0 Å². The third-order valence-electron chi connectivity index (χ3n) is 7.08. The first kappa shape index (κ1) is 26.0. The second-order valence-electron chi connectivity index (χ2n) is 9.66. The molecule has 2 aromatic heterocycles. The van der Waals surface area contributed by atoms with E-state index in [1.54, 1.807) is 18.1 Å². The normalized spacial score (nSPS) is 17.9. The molecule has 3 amide bonds. The molecule has 0 spiro atoms. The van der Waals surface area contributed by atoms with Crippen LogP contribution in [0.2, 0.25) is 0 Å². The number of nitrogens with zero attached hydrogens (tertiary/aromatic N) is 6. The van der Waals surface area contributed by atoms with Crippen LogP contribution in [0, 0.1) is 11.3 Å². The van der Waals surface area contributed by atoms with Gasteiger partial charge in [0.15, 0.2) is 0 Å². The Morgan fingerprint density at radius 2 is 2.13 bits per heavy atom. The van der Waals surface area contributed by atoms with E-state index in [0.717, 1.165) is 59.6 Å². The molecule has 0 radical (unpaired) electrons. The molecule has 0 aromatic carbocycles. The number of amides is 3. The van der Waals surface area contributed by atoms with Crippen molar-refractivity contribution in [3.8, 4) is 11.9 Å². The first-order valence-corrected chi connectivity index (χ1v) is 13.9. The van der Waals surface area contributed by atoms with Crippen molar-refractivity contribution in [3.05, 3.63) is 46.7 Å². The summed E-state index contributed by atoms with van der Waals surface area (Å²) in [6.07, 6.45) is 6.11. The second-order valence-corrected chi connectivity index (χ2v) is 10.8. The number of carbonyl (C=O) groups is 2. The van der Waals surface area contributed by atoms with Gasteiger partial charge >= 0.3 is 6.03 Å². The van der Waals surface area contributed by atoms with Crippen LogP contribution in [0.1, 0.15) is 35.1 Å². The zero-order chi connectivity index (χ0) is 26.6. The van der Waals surface area contributed by atoms with Gasteiger partial charge in [-0.1, -0.05) is 6.08 Å². The van der Waals surface area contributed by atoms with Crippen LogP contribution in [0.3, 0.4) is 0 Å². The number of nitriles is 1. The molecule has 1 N–H and O–H groups in total. The van der Waals surface area contributed by atoms with E-state index in [9.17, 15) is 14.9 Å². The molecule has 5 heterocycles. The van der Waals surface area contributed by atoms with Crippen molar-refractivity contribution in [2.24, 2.45) is 0 Å². The molecule has 1 saturated heterocycles. The highest BCUT2D eigenvalue weighted by Crippen LogP contribution is 2.33. The molecule has 0 saturated carbocycles. The molecule has 11 heteroatoms. The lowest BCUT2D eigenvalue weighted by atomic mass is 9.99. The van der Waals surface area contributed by atoms with Gasteiger partial charge in [0.1, 0.15) is 17.7 Å². The smallest absolute Gasteiger partial charge is 0.328 e. The van der Waals surface area contributed by atoms with Crippen molar-refractivity contribution in [2.75, 3.05) is 62.1 Å². The van der Waals surface area contributed by atoms with E-state index < -0.39 is 0 Å². The van der Waals surface area contributed by atoms with Crippen LogP contribution in [0.25, 0.3) is 5.57 Å². The minimum Gasteiger partial charge on any atom is -0.481 e. The molecule has 0 atom stereocenters. The number of likely N-dealkylation sites (N-methyl/N-ethyl adjacent to an activating group) is 1. The third kappa shape index (κ3) is 5.47. The fraction of sp³-hybridized carbons (Fsp3) is 0.444. The van der Waals surface area contributed by atoms with Gasteiger partial charge in [-0.2, -0.15) is 22.0 Å². The molecule has 0 aliphatic carbocycles. The number of nitrogens with one attached hydrogen (secondary N) is 1. The summed E-state index contributed by atoms with van der Waals surface area (Å²) in [6.45, 7) is 2.81. The molecule has 10 nitrogen and oxygen atoms in total. The van der Waals surface area contributed by atoms with Crippen LogP contribution in [0.5, 0.6) is 5.88 Å². The molecule has 198 valence electrons. The molecular formula is C27H31N7O3S. The SMILES string of the molecule is COc1nc2c(cc1CN1CCN(C)CC1=O)CCCN2C(=O)Nc1cc(C2=CCSCC2)c(C#N)cn1. The number of thioether (sulfide) groups is 1. The Morgan fingerprint density at radius 1 is 1.26 bits per heavy atom. The van der Waals surface area contributed by atoms with Crippen molar-refractivity contribution in [2.45, 2.75) is 25.8 Å². The zero-order valence-electron chi connectivity index (χ0n) is 21.7. The lowest BCUT2D eigenvalue weighted by Gasteiger charge is -2.33. The molecule has 0 bridgehead atoms. The highest BCUT2D eigenvalue weighted by molar-refractivity contribution is 7.99. The number of hydrogen-bond acceptors (Lipinski definition) is 8. The fourth-order valence-corrected chi connectivity index (χ4v) is 5.89. The van der Waals surface area contributed by atoms with Crippen LogP contribution < -0.4 is 15.0 Å². The van der Waals surface area contributed by atoms with Crippen molar-refractivity contribution in [3.63, 3.8) is 0 Å². The standard InChI is InChI=1S/C27H31N7O3S/c1-32-8-9-33(24(35)17-32)16-20-12-19-4-3-7-34(25(19)31-26(20)37-2)27(36)30-23-13-22(21(14-28)15-29-23)18-5-10-38-11-6-18/h5,12-13,15H,3-4,6-11,16-17H2,1-2H3,(H,29,30,36). The van der Waals surface area contributed by atoms with E-state index in [1.807, 2.05) is 34.7 Å². The van der Waals surface area contributed by atoms with Gasteiger partial charge in [0, 0.05) is 42.7 Å². The Balaban J connectivity index is 1.37. The molecule has 5 rings (SSSR count). The Labute approximate surface area is 226 Å². The molecule has 3 aliphatic rings. The molecule has 0 unspecified atom stereocenters. The van der Waals surface area contributed by atoms with Crippen LogP contribution in [-0.2, 0) is 17.8 Å². The Hall–Kier alpha value is -3.62. The lowest BCUT2D eigenvalue weighted by Crippen LogP contribution is -2.48. The fourth-order valence-electron chi connectivity index (χ4n) is 5.04. The molecule has 2 aromatic rings. The predicted molar refractivity (Wildman–Crippen MR) is 147 cm³/mol. The molecular weight excluding hydrogens is 502 g/mol. The van der Waals surface area contributed by atoms with Gasteiger partial charge in [-0.25, -0.2) is 9.78 Å². The maximum Gasteiger partial charge on any atom is 0.328 e. The predicted octanol–water partition coefficient (Wildman–Crippen LogP) is 3.14. The van der Waals surface area contributed by atoms with E-state index >= 15 is 0 Å². The van der Waals surface area contributed by atoms with Gasteiger partial charge in [0.2, 0.25) is 11.8 Å². The summed E-state index contributed by atoms with van der Waals surface area (Å²) >= 11 is 1.86. The molecule has 3 aliphatic heterocycles. The Kier molecular flexibility index (Phi) is 7.81.